The van der Waals surface area contributed by atoms with Gasteiger partial charge in [0, 0.05) is 6.61 Å². The minimum absolute atomic E-state index is 0.00560. The molecule has 2 rings (SSSR count). The van der Waals surface area contributed by atoms with E-state index in [-0.39, 0.29) is 64.4 Å². The van der Waals surface area contributed by atoms with Crippen LogP contribution in [0.4, 0.5) is 0 Å². The molecule has 41 heavy (non-hydrogen) atoms. The van der Waals surface area contributed by atoms with Crippen molar-refractivity contribution in [2.75, 3.05) is 6.61 Å². The van der Waals surface area contributed by atoms with Gasteiger partial charge in [-0.1, -0.05) is 84.9 Å². The Balaban J connectivity index is 2.72. The third kappa shape index (κ3) is 9.22. The van der Waals surface area contributed by atoms with E-state index in [0.717, 1.165) is 12.8 Å². The monoisotopic (exact) mass is 742 g/mol. The smallest absolute Gasteiger partial charge is 0.193 e. The van der Waals surface area contributed by atoms with Crippen LogP contribution in [0, 0.1) is 0 Å². The van der Waals surface area contributed by atoms with Crippen molar-refractivity contribution in [2.24, 2.45) is 0 Å². The first kappa shape index (κ1) is 38.1. The summed E-state index contributed by atoms with van der Waals surface area (Å²) >= 11 is 2.30. The number of hydrogen-bond acceptors (Lipinski definition) is 6. The molecule has 0 aliphatic carbocycles. The number of aliphatic hydroxyl groups is 1. The maximum atomic E-state index is 9.74. The van der Waals surface area contributed by atoms with Crippen molar-refractivity contribution in [3.63, 3.8) is 0 Å². The van der Waals surface area contributed by atoms with Gasteiger partial charge in [-0.25, -0.2) is 0 Å². The first-order chi connectivity index (χ1) is 18.4. The molecule has 0 aromatic carbocycles. The van der Waals surface area contributed by atoms with Crippen molar-refractivity contribution < 1.29 is 27.9 Å². The van der Waals surface area contributed by atoms with E-state index in [2.05, 4.69) is 134 Å². The number of fused-ring (bicyclic) bond motifs is 1. The molecule has 2 aliphatic rings. The SMILES string of the molecule is CC(C)(C)[Si](C)(C)O[C@@H]1[C@H](O[Si](C)(C)C(C)(C)C)[C@H]([C@H](C=CI)O[Si](C)(C)C(C)(C)C)O[C@H]2CC[C@H](CCO)O[C@H]12. The van der Waals surface area contributed by atoms with Gasteiger partial charge in [-0.15, -0.1) is 0 Å². The van der Waals surface area contributed by atoms with Crippen molar-refractivity contribution in [1.29, 1.82) is 0 Å². The van der Waals surface area contributed by atoms with E-state index >= 15 is 0 Å². The molecule has 6 nitrogen and oxygen atoms in total. The largest absolute Gasteiger partial charge is 0.408 e. The molecule has 0 unspecified atom stereocenters. The second kappa shape index (κ2) is 13.7. The Morgan fingerprint density at radius 3 is 1.71 bits per heavy atom. The fourth-order valence-corrected chi connectivity index (χ4v) is 8.97. The first-order valence-corrected chi connectivity index (χ1v) is 25.6. The van der Waals surface area contributed by atoms with Crippen molar-refractivity contribution in [3.8, 4) is 0 Å². The van der Waals surface area contributed by atoms with Crippen LogP contribution < -0.4 is 0 Å². The number of halogens is 1. The van der Waals surface area contributed by atoms with E-state index < -0.39 is 25.0 Å². The fourth-order valence-electron chi connectivity index (χ4n) is 4.71. The van der Waals surface area contributed by atoms with Crippen LogP contribution in [0.5, 0.6) is 0 Å². The number of ether oxygens (including phenoxy) is 2. The molecule has 242 valence electrons. The Labute approximate surface area is 269 Å². The molecular weight excluding hydrogens is 679 g/mol. The highest BCUT2D eigenvalue weighted by molar-refractivity contribution is 14.1. The van der Waals surface area contributed by atoms with Gasteiger partial charge in [0.2, 0.25) is 0 Å². The molecule has 10 heteroatoms. The van der Waals surface area contributed by atoms with Crippen LogP contribution in [0.1, 0.15) is 81.6 Å². The lowest BCUT2D eigenvalue weighted by molar-refractivity contribution is -0.267. The van der Waals surface area contributed by atoms with Crippen LogP contribution in [-0.4, -0.2) is 79.4 Å². The Hall–Kier alpha value is 0.881. The minimum atomic E-state index is -2.26. The highest BCUT2D eigenvalue weighted by Crippen LogP contribution is 2.47. The zero-order chi connectivity index (χ0) is 31.8. The van der Waals surface area contributed by atoms with Gasteiger partial charge in [0.1, 0.15) is 24.4 Å². The standard InChI is InChI=1S/C31H63IO6Si3/c1-29(2,3)39(10,11)36-24(18-20-32)26-28(38-41(14,15)31(7,8)9)27(37-40(12,13)30(4,5)6)25-23(35-26)17-16-22(34-25)19-21-33/h18,20,22-28,33H,16-17,19,21H2,1-15H3/t22-,23+,24+,25+,26+,27+,28-/m1/s1. The van der Waals surface area contributed by atoms with E-state index in [1.807, 2.05) is 0 Å². The van der Waals surface area contributed by atoms with Gasteiger partial charge in [-0.05, 0) is 83.8 Å². The van der Waals surface area contributed by atoms with Gasteiger partial charge in [0.15, 0.2) is 25.0 Å². The molecule has 0 saturated carbocycles. The van der Waals surface area contributed by atoms with Gasteiger partial charge in [0.25, 0.3) is 0 Å². The topological polar surface area (TPSA) is 66.4 Å². The Morgan fingerprint density at radius 2 is 1.27 bits per heavy atom. The van der Waals surface area contributed by atoms with E-state index in [1.165, 1.54) is 0 Å². The summed E-state index contributed by atoms with van der Waals surface area (Å²) in [4.78, 5) is 0. The average Bonchev–Trinajstić information content (AvgIpc) is 2.78. The minimum Gasteiger partial charge on any atom is -0.408 e. The first-order valence-electron chi connectivity index (χ1n) is 15.6. The van der Waals surface area contributed by atoms with E-state index in [0.29, 0.717) is 6.42 Å². The molecule has 0 aromatic heterocycles. The molecule has 2 fully saturated rings. The molecule has 0 spiro atoms. The van der Waals surface area contributed by atoms with Crippen LogP contribution in [0.15, 0.2) is 10.2 Å². The lowest BCUT2D eigenvalue weighted by atomic mass is 9.87. The molecule has 0 radical (unpaired) electrons. The van der Waals surface area contributed by atoms with Crippen molar-refractivity contribution >= 4 is 47.5 Å². The van der Waals surface area contributed by atoms with Gasteiger partial charge >= 0.3 is 0 Å². The summed E-state index contributed by atoms with van der Waals surface area (Å²) in [5.74, 6) is 0. The molecule has 2 saturated heterocycles. The van der Waals surface area contributed by atoms with Crippen LogP contribution in [0.3, 0.4) is 0 Å². The quantitative estimate of drug-likeness (QED) is 0.178. The lowest BCUT2D eigenvalue weighted by Crippen LogP contribution is -2.69. The van der Waals surface area contributed by atoms with Crippen LogP contribution in [0.2, 0.25) is 54.4 Å². The summed E-state index contributed by atoms with van der Waals surface area (Å²) in [7, 11) is -6.64. The molecule has 2 aliphatic heterocycles. The zero-order valence-electron chi connectivity index (χ0n) is 28.9. The summed E-state index contributed by atoms with van der Waals surface area (Å²) in [6.07, 6.45) is 2.94. The molecule has 0 bridgehead atoms. The van der Waals surface area contributed by atoms with Gasteiger partial charge in [-0.3, -0.25) is 0 Å². The van der Waals surface area contributed by atoms with E-state index in [4.69, 9.17) is 22.8 Å². The normalized spacial score (nSPS) is 30.0. The fraction of sp³-hybridized carbons (Fsp3) is 0.935. The molecule has 7 atom stereocenters. The molecule has 0 amide bonds. The van der Waals surface area contributed by atoms with Gasteiger partial charge in [0.05, 0.1) is 18.3 Å². The Kier molecular flexibility index (Phi) is 12.7. The van der Waals surface area contributed by atoms with Crippen molar-refractivity contribution in [1.82, 2.24) is 0 Å². The van der Waals surface area contributed by atoms with Crippen molar-refractivity contribution in [2.45, 2.75) is 179 Å². The highest BCUT2D eigenvalue weighted by Gasteiger charge is 2.57. The third-order valence-electron chi connectivity index (χ3n) is 10.5. The zero-order valence-corrected chi connectivity index (χ0v) is 34.0. The van der Waals surface area contributed by atoms with Crippen LogP contribution >= 0.6 is 22.6 Å². The Morgan fingerprint density at radius 1 is 0.780 bits per heavy atom. The predicted molar refractivity (Wildman–Crippen MR) is 188 cm³/mol. The van der Waals surface area contributed by atoms with Crippen LogP contribution in [-0.2, 0) is 22.8 Å². The summed E-state index contributed by atoms with van der Waals surface area (Å²) in [5, 5.41) is 9.83. The molecule has 0 aromatic rings. The number of rotatable bonds is 10. The molecule has 1 N–H and O–H groups in total. The van der Waals surface area contributed by atoms with E-state index in [9.17, 15) is 5.11 Å². The number of hydrogen-bond donors (Lipinski definition) is 1. The summed E-state index contributed by atoms with van der Waals surface area (Å²) in [5.41, 5.74) is 0. The van der Waals surface area contributed by atoms with Crippen molar-refractivity contribution in [3.05, 3.63) is 10.2 Å². The number of aliphatic hydroxyl groups excluding tert-OH is 1. The lowest BCUT2D eigenvalue weighted by Gasteiger charge is -2.56. The maximum Gasteiger partial charge on any atom is 0.193 e. The molecule has 2 heterocycles. The average molecular weight is 743 g/mol. The van der Waals surface area contributed by atoms with Crippen LogP contribution in [0.25, 0.3) is 0 Å². The van der Waals surface area contributed by atoms with Gasteiger partial charge in [-0.2, -0.15) is 0 Å². The second-order valence-corrected chi connectivity index (χ2v) is 31.8. The third-order valence-corrected chi connectivity index (χ3v) is 24.4. The summed E-state index contributed by atoms with van der Waals surface area (Å²) in [6.45, 7) is 34.6. The summed E-state index contributed by atoms with van der Waals surface area (Å²) < 4.78 is 37.8. The van der Waals surface area contributed by atoms with E-state index in [1.54, 1.807) is 0 Å². The predicted octanol–water partition coefficient (Wildman–Crippen LogP) is 8.80. The highest BCUT2D eigenvalue weighted by atomic mass is 127. The maximum absolute atomic E-state index is 9.74. The Bertz CT molecular complexity index is 875. The van der Waals surface area contributed by atoms with Gasteiger partial charge < -0.3 is 27.9 Å². The molecular formula is C31H63IO6Si3. The summed E-state index contributed by atoms with van der Waals surface area (Å²) in [6, 6.07) is 0. The second-order valence-electron chi connectivity index (χ2n) is 16.8.